The molecule has 1 amide bonds. The third-order valence-corrected chi connectivity index (χ3v) is 4.59. The van der Waals surface area contributed by atoms with Crippen LogP contribution in [0.15, 0.2) is 24.3 Å². The summed E-state index contributed by atoms with van der Waals surface area (Å²) in [5.41, 5.74) is 7.51. The maximum Gasteiger partial charge on any atom is 0.224 e. The van der Waals surface area contributed by atoms with Crippen molar-refractivity contribution in [1.82, 2.24) is 10.2 Å². The van der Waals surface area contributed by atoms with Gasteiger partial charge in [0.05, 0.1) is 6.42 Å². The molecule has 3 rings (SSSR count). The lowest BCUT2D eigenvalue weighted by Crippen LogP contribution is -2.47. The number of benzene rings is 1. The summed E-state index contributed by atoms with van der Waals surface area (Å²) in [6.45, 7) is 2.37. The fourth-order valence-electron chi connectivity index (χ4n) is 3.50. The van der Waals surface area contributed by atoms with Gasteiger partial charge in [0.1, 0.15) is 0 Å². The number of para-hydroxylation sites is 1. The summed E-state index contributed by atoms with van der Waals surface area (Å²) in [4.78, 5) is 14.7. The van der Waals surface area contributed by atoms with E-state index in [0.29, 0.717) is 24.2 Å². The Labute approximate surface area is 120 Å². The zero-order chi connectivity index (χ0) is 13.9. The first-order valence-electron chi connectivity index (χ1n) is 7.59. The van der Waals surface area contributed by atoms with E-state index < -0.39 is 0 Å². The van der Waals surface area contributed by atoms with E-state index in [1.54, 1.807) is 0 Å². The van der Waals surface area contributed by atoms with E-state index in [2.05, 4.69) is 10.2 Å². The summed E-state index contributed by atoms with van der Waals surface area (Å²) in [6.07, 6.45) is 5.17. The van der Waals surface area contributed by atoms with E-state index in [1.807, 2.05) is 24.3 Å². The molecule has 2 aliphatic rings. The van der Waals surface area contributed by atoms with Gasteiger partial charge in [-0.1, -0.05) is 18.2 Å². The lowest BCUT2D eigenvalue weighted by atomic mass is 9.97. The van der Waals surface area contributed by atoms with Crippen molar-refractivity contribution in [3.63, 3.8) is 0 Å². The van der Waals surface area contributed by atoms with Crippen molar-refractivity contribution < 1.29 is 4.79 Å². The van der Waals surface area contributed by atoms with Crippen molar-refractivity contribution in [2.45, 2.75) is 44.2 Å². The molecular weight excluding hydrogens is 250 g/mol. The van der Waals surface area contributed by atoms with Crippen LogP contribution in [0.3, 0.4) is 0 Å². The third kappa shape index (κ3) is 2.96. The second-order valence-corrected chi connectivity index (χ2v) is 6.00. The van der Waals surface area contributed by atoms with Crippen LogP contribution in [-0.4, -0.2) is 36.0 Å². The maximum atomic E-state index is 12.1. The van der Waals surface area contributed by atoms with Crippen LogP contribution in [-0.2, 0) is 11.2 Å². The maximum absolute atomic E-state index is 12.1. The number of hydrogen-bond acceptors (Lipinski definition) is 3. The number of nitrogens with two attached hydrogens (primary N) is 1. The van der Waals surface area contributed by atoms with Crippen LogP contribution in [0.4, 0.5) is 5.69 Å². The Morgan fingerprint density at radius 2 is 2.15 bits per heavy atom. The molecule has 20 heavy (non-hydrogen) atoms. The van der Waals surface area contributed by atoms with E-state index in [9.17, 15) is 4.79 Å². The van der Waals surface area contributed by atoms with E-state index in [-0.39, 0.29) is 5.91 Å². The molecule has 3 N–H and O–H groups in total. The Bertz CT molecular complexity index is 488. The predicted molar refractivity (Wildman–Crippen MR) is 80.3 cm³/mol. The molecule has 4 nitrogen and oxygen atoms in total. The van der Waals surface area contributed by atoms with Gasteiger partial charge in [-0.05, 0) is 43.9 Å². The molecule has 108 valence electrons. The number of nitrogen functional groups attached to an aromatic ring is 1. The van der Waals surface area contributed by atoms with Crippen LogP contribution < -0.4 is 11.1 Å². The SMILES string of the molecule is Nc1ccccc1CC(=O)NC1CCN2CCCC2C1. The number of carbonyl (C=O) groups excluding carboxylic acids is 1. The minimum absolute atomic E-state index is 0.0966. The molecule has 1 aromatic carbocycles. The lowest BCUT2D eigenvalue weighted by Gasteiger charge is -2.35. The number of carbonyl (C=O) groups is 1. The minimum Gasteiger partial charge on any atom is -0.398 e. The molecule has 0 bridgehead atoms. The Morgan fingerprint density at radius 1 is 1.30 bits per heavy atom. The van der Waals surface area contributed by atoms with Gasteiger partial charge < -0.3 is 16.0 Å². The molecule has 0 aliphatic carbocycles. The van der Waals surface area contributed by atoms with Crippen molar-refractivity contribution in [2.75, 3.05) is 18.8 Å². The van der Waals surface area contributed by atoms with Crippen molar-refractivity contribution >= 4 is 11.6 Å². The van der Waals surface area contributed by atoms with Crippen molar-refractivity contribution in [2.24, 2.45) is 0 Å². The molecule has 4 heteroatoms. The first-order chi connectivity index (χ1) is 9.72. The van der Waals surface area contributed by atoms with Gasteiger partial charge in [-0.2, -0.15) is 0 Å². The second kappa shape index (κ2) is 5.83. The minimum atomic E-state index is 0.0966. The van der Waals surface area contributed by atoms with Gasteiger partial charge in [0, 0.05) is 24.3 Å². The molecule has 2 unspecified atom stereocenters. The van der Waals surface area contributed by atoms with Crippen molar-refractivity contribution in [3.05, 3.63) is 29.8 Å². The van der Waals surface area contributed by atoms with E-state index >= 15 is 0 Å². The van der Waals surface area contributed by atoms with E-state index in [0.717, 1.165) is 24.9 Å². The first-order valence-corrected chi connectivity index (χ1v) is 7.59. The molecular formula is C16H23N3O. The van der Waals surface area contributed by atoms with Crippen LogP contribution in [0.5, 0.6) is 0 Å². The summed E-state index contributed by atoms with van der Waals surface area (Å²) in [6, 6.07) is 8.62. The molecule has 0 spiro atoms. The van der Waals surface area contributed by atoms with E-state index in [1.165, 1.54) is 19.4 Å². The number of rotatable bonds is 3. The second-order valence-electron chi connectivity index (χ2n) is 6.00. The van der Waals surface area contributed by atoms with Gasteiger partial charge in [-0.25, -0.2) is 0 Å². The largest absolute Gasteiger partial charge is 0.398 e. The molecule has 2 heterocycles. The van der Waals surface area contributed by atoms with Crippen LogP contribution in [0.1, 0.15) is 31.2 Å². The zero-order valence-corrected chi connectivity index (χ0v) is 11.8. The number of nitrogens with zero attached hydrogens (tertiary/aromatic N) is 1. The Morgan fingerprint density at radius 3 is 3.00 bits per heavy atom. The highest BCUT2D eigenvalue weighted by molar-refractivity contribution is 5.80. The van der Waals surface area contributed by atoms with E-state index in [4.69, 9.17) is 5.73 Å². The van der Waals surface area contributed by atoms with Crippen LogP contribution in [0.2, 0.25) is 0 Å². The number of hydrogen-bond donors (Lipinski definition) is 2. The van der Waals surface area contributed by atoms with Gasteiger partial charge in [-0.3, -0.25) is 4.79 Å². The average Bonchev–Trinajstić information content (AvgIpc) is 2.89. The predicted octanol–water partition coefficient (Wildman–Crippen LogP) is 1.55. The summed E-state index contributed by atoms with van der Waals surface area (Å²) in [5, 5.41) is 3.19. The fourth-order valence-corrected chi connectivity index (χ4v) is 3.50. The first kappa shape index (κ1) is 13.4. The van der Waals surface area contributed by atoms with Crippen LogP contribution in [0.25, 0.3) is 0 Å². The molecule has 2 atom stereocenters. The smallest absolute Gasteiger partial charge is 0.224 e. The molecule has 2 saturated heterocycles. The molecule has 0 aromatic heterocycles. The van der Waals surface area contributed by atoms with Crippen LogP contribution >= 0.6 is 0 Å². The summed E-state index contributed by atoms with van der Waals surface area (Å²) in [7, 11) is 0. The van der Waals surface area contributed by atoms with Gasteiger partial charge in [0.2, 0.25) is 5.91 Å². The Kier molecular flexibility index (Phi) is 3.92. The number of anilines is 1. The Hall–Kier alpha value is -1.55. The average molecular weight is 273 g/mol. The van der Waals surface area contributed by atoms with Gasteiger partial charge >= 0.3 is 0 Å². The van der Waals surface area contributed by atoms with Gasteiger partial charge in [-0.15, -0.1) is 0 Å². The standard InChI is InChI=1S/C16H23N3O/c17-15-6-2-1-4-12(15)10-16(20)18-13-7-9-19-8-3-5-14(19)11-13/h1-2,4,6,13-14H,3,5,7-11,17H2,(H,18,20). The summed E-state index contributed by atoms with van der Waals surface area (Å²) in [5.74, 6) is 0.0966. The highest BCUT2D eigenvalue weighted by Crippen LogP contribution is 2.26. The van der Waals surface area contributed by atoms with Gasteiger partial charge in [0.25, 0.3) is 0 Å². The topological polar surface area (TPSA) is 58.4 Å². The Balaban J connectivity index is 1.53. The summed E-state index contributed by atoms with van der Waals surface area (Å²) < 4.78 is 0. The zero-order valence-electron chi connectivity index (χ0n) is 11.8. The molecule has 0 radical (unpaired) electrons. The number of piperidine rings is 1. The monoisotopic (exact) mass is 273 g/mol. The summed E-state index contributed by atoms with van der Waals surface area (Å²) >= 11 is 0. The molecule has 0 saturated carbocycles. The van der Waals surface area contributed by atoms with Gasteiger partial charge in [0.15, 0.2) is 0 Å². The van der Waals surface area contributed by atoms with Crippen molar-refractivity contribution in [3.8, 4) is 0 Å². The lowest BCUT2D eigenvalue weighted by molar-refractivity contribution is -0.121. The third-order valence-electron chi connectivity index (χ3n) is 4.59. The highest BCUT2D eigenvalue weighted by atomic mass is 16.1. The molecule has 1 aromatic rings. The fraction of sp³-hybridized carbons (Fsp3) is 0.562. The highest BCUT2D eigenvalue weighted by Gasteiger charge is 2.32. The molecule has 2 fully saturated rings. The quantitative estimate of drug-likeness (QED) is 0.822. The van der Waals surface area contributed by atoms with Crippen LogP contribution in [0, 0.1) is 0 Å². The number of fused-ring (bicyclic) bond motifs is 1. The number of nitrogens with one attached hydrogen (secondary N) is 1. The molecule has 2 aliphatic heterocycles. The van der Waals surface area contributed by atoms with Crippen molar-refractivity contribution in [1.29, 1.82) is 0 Å². The normalized spacial score (nSPS) is 26.2. The number of amides is 1.